The first-order valence-electron chi connectivity index (χ1n) is 11.8. The number of ether oxygens (including phenoxy) is 2. The molecule has 0 radical (unpaired) electrons. The van der Waals surface area contributed by atoms with Crippen LogP contribution in [-0.4, -0.2) is 45.8 Å². The lowest BCUT2D eigenvalue weighted by Gasteiger charge is -2.10. The highest BCUT2D eigenvalue weighted by atomic mass is 16.5. The molecule has 0 fully saturated rings. The summed E-state index contributed by atoms with van der Waals surface area (Å²) in [4.78, 5) is 30.6. The molecular formula is C29H28N2O6. The van der Waals surface area contributed by atoms with Crippen molar-refractivity contribution in [1.29, 1.82) is 0 Å². The van der Waals surface area contributed by atoms with E-state index in [4.69, 9.17) is 19.7 Å². The molecule has 0 unspecified atom stereocenters. The maximum Gasteiger partial charge on any atom is 0.337 e. The predicted molar refractivity (Wildman–Crippen MR) is 139 cm³/mol. The Kier molecular flexibility index (Phi) is 10.2. The predicted octanol–water partition coefficient (Wildman–Crippen LogP) is 4.86. The van der Waals surface area contributed by atoms with Gasteiger partial charge in [-0.3, -0.25) is 9.78 Å². The van der Waals surface area contributed by atoms with Crippen molar-refractivity contribution in [3.05, 3.63) is 89.0 Å². The Labute approximate surface area is 215 Å². The van der Waals surface area contributed by atoms with E-state index in [0.29, 0.717) is 29.3 Å². The Balaban J connectivity index is 1.56. The second-order valence-corrected chi connectivity index (χ2v) is 8.07. The molecular weight excluding hydrogens is 472 g/mol. The highest BCUT2D eigenvalue weighted by Crippen LogP contribution is 2.20. The van der Waals surface area contributed by atoms with Gasteiger partial charge in [-0.2, -0.15) is 0 Å². The summed E-state index contributed by atoms with van der Waals surface area (Å²) in [5.41, 5.74) is 2.54. The van der Waals surface area contributed by atoms with Crippen LogP contribution in [0.2, 0.25) is 0 Å². The van der Waals surface area contributed by atoms with Gasteiger partial charge in [0.25, 0.3) is 0 Å². The summed E-state index contributed by atoms with van der Waals surface area (Å²) < 4.78 is 11.1. The second kappa shape index (κ2) is 14.0. The summed E-state index contributed by atoms with van der Waals surface area (Å²) >= 11 is 0. The second-order valence-electron chi connectivity index (χ2n) is 8.07. The lowest BCUT2D eigenvalue weighted by Crippen LogP contribution is -2.05. The van der Waals surface area contributed by atoms with Crippen LogP contribution in [0.3, 0.4) is 0 Å². The molecule has 0 bridgehead atoms. The van der Waals surface area contributed by atoms with Crippen molar-refractivity contribution >= 4 is 18.0 Å². The molecule has 2 aromatic heterocycles. The number of aromatic carboxylic acids is 1. The van der Waals surface area contributed by atoms with E-state index in [1.807, 2.05) is 24.3 Å². The number of carbonyl (C=O) groups is 2. The van der Waals surface area contributed by atoms with Crippen LogP contribution in [-0.2, 0) is 11.2 Å². The van der Waals surface area contributed by atoms with Crippen molar-refractivity contribution in [1.82, 2.24) is 9.97 Å². The summed E-state index contributed by atoms with van der Waals surface area (Å²) in [7, 11) is 1.64. The molecule has 1 aromatic carbocycles. The van der Waals surface area contributed by atoms with Crippen LogP contribution in [0.25, 0.3) is 6.08 Å². The van der Waals surface area contributed by atoms with Gasteiger partial charge in [0.05, 0.1) is 31.4 Å². The number of methoxy groups -OCH3 is 1. The topological polar surface area (TPSA) is 119 Å². The molecule has 0 atom stereocenters. The third kappa shape index (κ3) is 9.15. The van der Waals surface area contributed by atoms with Crippen molar-refractivity contribution < 1.29 is 29.3 Å². The molecule has 0 amide bonds. The first-order chi connectivity index (χ1) is 17.9. The number of allylic oxidation sites excluding steroid dienone is 1. The molecule has 8 nitrogen and oxygen atoms in total. The Hall–Kier alpha value is -4.64. The number of unbranched alkanes of at least 4 members (excludes halogenated alkanes) is 2. The van der Waals surface area contributed by atoms with Gasteiger partial charge in [0.15, 0.2) is 0 Å². The molecule has 3 rings (SSSR count). The molecule has 190 valence electrons. The molecule has 0 saturated carbocycles. The van der Waals surface area contributed by atoms with Crippen molar-refractivity contribution in [2.75, 3.05) is 13.7 Å². The van der Waals surface area contributed by atoms with Gasteiger partial charge in [0.1, 0.15) is 17.2 Å². The fraction of sp³-hybridized carbons (Fsp3) is 0.241. The van der Waals surface area contributed by atoms with E-state index in [0.717, 1.165) is 30.6 Å². The number of carboxylic acids is 2. The third-order valence-corrected chi connectivity index (χ3v) is 5.28. The maximum atomic E-state index is 11.1. The number of benzene rings is 1. The smallest absolute Gasteiger partial charge is 0.337 e. The highest BCUT2D eigenvalue weighted by molar-refractivity contribution is 5.87. The van der Waals surface area contributed by atoms with Gasteiger partial charge in [0.2, 0.25) is 0 Å². The maximum absolute atomic E-state index is 11.1. The molecule has 2 N–H and O–H groups in total. The average molecular weight is 501 g/mol. The minimum absolute atomic E-state index is 0.0434. The van der Waals surface area contributed by atoms with E-state index in [9.17, 15) is 9.59 Å². The quantitative estimate of drug-likeness (QED) is 0.267. The fourth-order valence-corrected chi connectivity index (χ4v) is 3.34. The van der Waals surface area contributed by atoms with E-state index in [-0.39, 0.29) is 18.4 Å². The SMILES string of the molecule is COc1ccc(/C=C/CCCCOc2ccc(C#Cc3cncc(C(=O)O)c3)nc2CCC(=O)O)cc1. The standard InChI is InChI=1S/C29H28N2O6/c1-36-25-12-8-21(9-13-25)6-4-2-3-5-17-37-27-15-11-24(31-26(27)14-16-28(32)33)10-7-22-18-23(29(34)35)20-30-19-22/h4,6,8-9,11-13,15,18-20H,2-3,5,14,16-17H2,1H3,(H,32,33)(H,34,35)/b6-4+. The highest BCUT2D eigenvalue weighted by Gasteiger charge is 2.09. The molecule has 0 aliphatic heterocycles. The molecule has 8 heteroatoms. The monoisotopic (exact) mass is 500 g/mol. The Morgan fingerprint density at radius 3 is 2.57 bits per heavy atom. The molecule has 37 heavy (non-hydrogen) atoms. The van der Waals surface area contributed by atoms with Crippen LogP contribution in [0.15, 0.2) is 60.9 Å². The van der Waals surface area contributed by atoms with Crippen molar-refractivity contribution in [3.8, 4) is 23.3 Å². The van der Waals surface area contributed by atoms with Crippen LogP contribution in [0, 0.1) is 11.8 Å². The number of carboxylic acid groups (broad SMARTS) is 2. The summed E-state index contributed by atoms with van der Waals surface area (Å²) in [6.45, 7) is 0.483. The van der Waals surface area contributed by atoms with Crippen molar-refractivity contribution in [2.45, 2.75) is 32.1 Å². The molecule has 0 spiro atoms. The first-order valence-corrected chi connectivity index (χ1v) is 11.8. The summed E-state index contributed by atoms with van der Waals surface area (Å²) in [5.74, 6) is 5.09. The summed E-state index contributed by atoms with van der Waals surface area (Å²) in [5, 5.41) is 18.2. The van der Waals surface area contributed by atoms with E-state index < -0.39 is 11.9 Å². The van der Waals surface area contributed by atoms with E-state index in [2.05, 4.69) is 34.0 Å². The largest absolute Gasteiger partial charge is 0.497 e. The molecule has 2 heterocycles. The Bertz CT molecular complexity index is 1310. The number of aryl methyl sites for hydroxylation is 1. The van der Waals surface area contributed by atoms with E-state index in [1.165, 1.54) is 18.5 Å². The zero-order valence-electron chi connectivity index (χ0n) is 20.5. The molecule has 0 aliphatic carbocycles. The number of aromatic nitrogens is 2. The Morgan fingerprint density at radius 1 is 1.03 bits per heavy atom. The van der Waals surface area contributed by atoms with Gasteiger partial charge in [-0.05, 0) is 61.1 Å². The molecule has 3 aromatic rings. The first kappa shape index (κ1) is 27.0. The molecule has 0 aliphatic rings. The van der Waals surface area contributed by atoms with Crippen LogP contribution in [0.5, 0.6) is 11.5 Å². The number of nitrogens with zero attached hydrogens (tertiary/aromatic N) is 2. The van der Waals surface area contributed by atoms with Crippen LogP contribution in [0.1, 0.15) is 58.6 Å². The van der Waals surface area contributed by atoms with E-state index in [1.54, 1.807) is 19.2 Å². The van der Waals surface area contributed by atoms with Gasteiger partial charge in [-0.25, -0.2) is 9.78 Å². The zero-order chi connectivity index (χ0) is 26.5. The number of hydrogen-bond donors (Lipinski definition) is 2. The van der Waals surface area contributed by atoms with E-state index >= 15 is 0 Å². The number of hydrogen-bond acceptors (Lipinski definition) is 6. The van der Waals surface area contributed by atoms with Crippen LogP contribution >= 0.6 is 0 Å². The minimum atomic E-state index is -1.08. The number of rotatable bonds is 12. The normalized spacial score (nSPS) is 10.5. The van der Waals surface area contributed by atoms with Gasteiger partial charge in [-0.15, -0.1) is 0 Å². The minimum Gasteiger partial charge on any atom is -0.497 e. The fourth-order valence-electron chi connectivity index (χ4n) is 3.34. The van der Waals surface area contributed by atoms with Crippen molar-refractivity contribution in [3.63, 3.8) is 0 Å². The zero-order valence-corrected chi connectivity index (χ0v) is 20.5. The third-order valence-electron chi connectivity index (χ3n) is 5.28. The van der Waals surface area contributed by atoms with Gasteiger partial charge in [0, 0.05) is 24.4 Å². The lowest BCUT2D eigenvalue weighted by molar-refractivity contribution is -0.136. The Morgan fingerprint density at radius 2 is 1.84 bits per heavy atom. The van der Waals surface area contributed by atoms with Gasteiger partial charge < -0.3 is 19.7 Å². The lowest BCUT2D eigenvalue weighted by atomic mass is 10.1. The number of pyridine rings is 2. The van der Waals surface area contributed by atoms with Crippen molar-refractivity contribution in [2.24, 2.45) is 0 Å². The van der Waals surface area contributed by atoms with Gasteiger partial charge in [-0.1, -0.05) is 30.2 Å². The summed E-state index contributed by atoms with van der Waals surface area (Å²) in [6, 6.07) is 12.7. The van der Waals surface area contributed by atoms with Gasteiger partial charge >= 0.3 is 11.9 Å². The van der Waals surface area contributed by atoms with Crippen LogP contribution in [0.4, 0.5) is 0 Å². The number of aliphatic carboxylic acids is 1. The molecule has 0 saturated heterocycles. The van der Waals surface area contributed by atoms with Crippen LogP contribution < -0.4 is 9.47 Å². The summed E-state index contributed by atoms with van der Waals surface area (Å²) in [6.07, 6.45) is 9.72. The average Bonchev–Trinajstić information content (AvgIpc) is 2.91.